The van der Waals surface area contributed by atoms with Crippen LogP contribution in [-0.4, -0.2) is 50.4 Å². The van der Waals surface area contributed by atoms with E-state index in [9.17, 15) is 4.79 Å². The van der Waals surface area contributed by atoms with Crippen molar-refractivity contribution in [1.82, 2.24) is 4.90 Å². The maximum Gasteiger partial charge on any atom is 0.222 e. The van der Waals surface area contributed by atoms with Gasteiger partial charge < -0.3 is 19.4 Å². The van der Waals surface area contributed by atoms with Crippen LogP contribution in [0.25, 0.3) is 0 Å². The van der Waals surface area contributed by atoms with Crippen LogP contribution in [0, 0.1) is 0 Å². The van der Waals surface area contributed by atoms with Gasteiger partial charge in [0.1, 0.15) is 5.75 Å². The number of carbonyl (C=O) groups is 1. The summed E-state index contributed by atoms with van der Waals surface area (Å²) in [6.07, 6.45) is 1.00. The minimum Gasteiger partial charge on any atom is -0.497 e. The molecule has 0 bridgehead atoms. The van der Waals surface area contributed by atoms with Crippen LogP contribution in [0.4, 0.5) is 5.69 Å². The van der Waals surface area contributed by atoms with Crippen molar-refractivity contribution >= 4 is 17.3 Å². The Hall–Kier alpha value is -3.02. The average molecular weight is 396 g/mol. The molecule has 2 aromatic carbocycles. The highest BCUT2D eigenvalue weighted by molar-refractivity contribution is 6.01. The molecule has 0 aliphatic carbocycles. The van der Waals surface area contributed by atoms with E-state index >= 15 is 0 Å². The fourth-order valence-corrected chi connectivity index (χ4v) is 3.36. The Balaban J connectivity index is 1.64. The van der Waals surface area contributed by atoms with Gasteiger partial charge in [0, 0.05) is 39.2 Å². The SMILES string of the molecule is CCC(=O)N(Cc1cccc(OC)c1)C[C@@H]1CC(c2ccc(N(C)C)cc2)=NO1. The van der Waals surface area contributed by atoms with E-state index in [0.717, 1.165) is 28.3 Å². The van der Waals surface area contributed by atoms with Crippen LogP contribution in [0.15, 0.2) is 53.7 Å². The second kappa shape index (κ2) is 9.45. The lowest BCUT2D eigenvalue weighted by Crippen LogP contribution is -2.36. The van der Waals surface area contributed by atoms with Crippen molar-refractivity contribution in [1.29, 1.82) is 0 Å². The van der Waals surface area contributed by atoms with Crippen molar-refractivity contribution < 1.29 is 14.4 Å². The second-order valence-corrected chi connectivity index (χ2v) is 7.39. The van der Waals surface area contributed by atoms with Crippen molar-refractivity contribution in [3.8, 4) is 5.75 Å². The summed E-state index contributed by atoms with van der Waals surface area (Å²) in [5, 5.41) is 4.28. The van der Waals surface area contributed by atoms with Gasteiger partial charge in [-0.3, -0.25) is 4.79 Å². The summed E-state index contributed by atoms with van der Waals surface area (Å²) < 4.78 is 5.29. The van der Waals surface area contributed by atoms with E-state index in [1.165, 1.54) is 0 Å². The van der Waals surface area contributed by atoms with Crippen LogP contribution in [0.5, 0.6) is 5.75 Å². The summed E-state index contributed by atoms with van der Waals surface area (Å²) in [6.45, 7) is 2.91. The van der Waals surface area contributed by atoms with Crippen LogP contribution in [0.2, 0.25) is 0 Å². The molecular weight excluding hydrogens is 366 g/mol. The lowest BCUT2D eigenvalue weighted by Gasteiger charge is -2.24. The smallest absolute Gasteiger partial charge is 0.222 e. The van der Waals surface area contributed by atoms with E-state index in [2.05, 4.69) is 34.3 Å². The number of benzene rings is 2. The Morgan fingerprint density at radius 3 is 2.62 bits per heavy atom. The molecule has 0 unspecified atom stereocenters. The van der Waals surface area contributed by atoms with Gasteiger partial charge >= 0.3 is 0 Å². The number of hydrogen-bond donors (Lipinski definition) is 0. The van der Waals surface area contributed by atoms with Crippen molar-refractivity contribution in [2.75, 3.05) is 32.6 Å². The number of rotatable bonds is 8. The molecule has 0 N–H and O–H groups in total. The van der Waals surface area contributed by atoms with E-state index < -0.39 is 0 Å². The zero-order valence-electron chi connectivity index (χ0n) is 17.6. The number of anilines is 1. The van der Waals surface area contributed by atoms with E-state index in [1.807, 2.05) is 50.2 Å². The van der Waals surface area contributed by atoms with Crippen LogP contribution >= 0.6 is 0 Å². The van der Waals surface area contributed by atoms with Crippen molar-refractivity contribution in [3.05, 3.63) is 59.7 Å². The highest BCUT2D eigenvalue weighted by Crippen LogP contribution is 2.22. The predicted molar refractivity (Wildman–Crippen MR) is 115 cm³/mol. The molecule has 6 heteroatoms. The lowest BCUT2D eigenvalue weighted by molar-refractivity contribution is -0.133. The summed E-state index contributed by atoms with van der Waals surface area (Å²) in [5.41, 5.74) is 4.15. The van der Waals surface area contributed by atoms with Gasteiger partial charge in [-0.15, -0.1) is 0 Å². The molecule has 1 aliphatic rings. The van der Waals surface area contributed by atoms with Crippen LogP contribution < -0.4 is 9.64 Å². The number of oxime groups is 1. The Labute approximate surface area is 172 Å². The number of carbonyl (C=O) groups excluding carboxylic acids is 1. The first-order valence-corrected chi connectivity index (χ1v) is 9.91. The highest BCUT2D eigenvalue weighted by Gasteiger charge is 2.26. The van der Waals surface area contributed by atoms with E-state index in [-0.39, 0.29) is 12.0 Å². The molecule has 0 aromatic heterocycles. The molecule has 1 amide bonds. The van der Waals surface area contributed by atoms with Gasteiger partial charge in [0.25, 0.3) is 0 Å². The number of methoxy groups -OCH3 is 1. The van der Waals surface area contributed by atoms with Gasteiger partial charge in [-0.1, -0.05) is 36.3 Å². The fraction of sp³-hybridized carbons (Fsp3) is 0.391. The van der Waals surface area contributed by atoms with Crippen LogP contribution in [-0.2, 0) is 16.2 Å². The zero-order valence-corrected chi connectivity index (χ0v) is 17.6. The third kappa shape index (κ3) is 5.28. The Morgan fingerprint density at radius 1 is 1.21 bits per heavy atom. The summed E-state index contributed by atoms with van der Waals surface area (Å²) in [5.74, 6) is 0.885. The third-order valence-electron chi connectivity index (χ3n) is 5.04. The molecule has 0 spiro atoms. The Bertz CT molecular complexity index is 862. The molecule has 3 rings (SSSR count). The first-order valence-electron chi connectivity index (χ1n) is 9.91. The molecular formula is C23H29N3O3. The first kappa shape index (κ1) is 20.7. The van der Waals surface area contributed by atoms with Crippen molar-refractivity contribution in [2.45, 2.75) is 32.4 Å². The third-order valence-corrected chi connectivity index (χ3v) is 5.04. The molecule has 6 nitrogen and oxygen atoms in total. The molecule has 1 heterocycles. The van der Waals surface area contributed by atoms with E-state index in [1.54, 1.807) is 7.11 Å². The number of amides is 1. The minimum absolute atomic E-state index is 0.0974. The first-order chi connectivity index (χ1) is 14.0. The number of ether oxygens (including phenoxy) is 1. The predicted octanol–water partition coefficient (Wildman–Crippen LogP) is 3.69. The second-order valence-electron chi connectivity index (χ2n) is 7.39. The van der Waals surface area contributed by atoms with Gasteiger partial charge in [-0.2, -0.15) is 0 Å². The summed E-state index contributed by atoms with van der Waals surface area (Å²) in [7, 11) is 5.68. The van der Waals surface area contributed by atoms with Crippen molar-refractivity contribution in [3.63, 3.8) is 0 Å². The summed E-state index contributed by atoms with van der Waals surface area (Å²) >= 11 is 0. The highest BCUT2D eigenvalue weighted by atomic mass is 16.6. The summed E-state index contributed by atoms with van der Waals surface area (Å²) in [4.78, 5) is 22.1. The van der Waals surface area contributed by atoms with Gasteiger partial charge in [-0.25, -0.2) is 0 Å². The van der Waals surface area contributed by atoms with Gasteiger partial charge in [-0.05, 0) is 35.4 Å². The average Bonchev–Trinajstić information content (AvgIpc) is 3.21. The molecule has 0 saturated heterocycles. The largest absolute Gasteiger partial charge is 0.497 e. The molecule has 29 heavy (non-hydrogen) atoms. The van der Waals surface area contributed by atoms with Crippen molar-refractivity contribution in [2.24, 2.45) is 5.16 Å². The van der Waals surface area contributed by atoms with Gasteiger partial charge in [0.15, 0.2) is 6.10 Å². The Kier molecular flexibility index (Phi) is 6.75. The van der Waals surface area contributed by atoms with Gasteiger partial charge in [0.2, 0.25) is 5.91 Å². The monoisotopic (exact) mass is 395 g/mol. The van der Waals surface area contributed by atoms with E-state index in [4.69, 9.17) is 9.57 Å². The number of nitrogens with zero attached hydrogens (tertiary/aromatic N) is 3. The molecule has 154 valence electrons. The zero-order chi connectivity index (χ0) is 20.8. The maximum absolute atomic E-state index is 12.5. The van der Waals surface area contributed by atoms with Crippen LogP contribution in [0.3, 0.4) is 0 Å². The molecule has 0 saturated carbocycles. The van der Waals surface area contributed by atoms with E-state index in [0.29, 0.717) is 25.9 Å². The topological polar surface area (TPSA) is 54.4 Å². The quantitative estimate of drug-likeness (QED) is 0.684. The molecule has 0 radical (unpaired) electrons. The standard InChI is InChI=1S/C23H29N3O3/c1-5-23(27)26(15-17-7-6-8-20(13-17)28-4)16-21-14-22(24-29-21)18-9-11-19(12-10-18)25(2)3/h6-13,21H,5,14-16H2,1-4H3/t21-/m0/s1. The molecule has 2 aromatic rings. The van der Waals surface area contributed by atoms with Crippen LogP contribution in [0.1, 0.15) is 30.9 Å². The maximum atomic E-state index is 12.5. The lowest BCUT2D eigenvalue weighted by atomic mass is 10.0. The Morgan fingerprint density at radius 2 is 1.97 bits per heavy atom. The fourth-order valence-electron chi connectivity index (χ4n) is 3.36. The normalized spacial score (nSPS) is 15.4. The minimum atomic E-state index is -0.139. The molecule has 0 fully saturated rings. The molecule has 1 atom stereocenters. The van der Waals surface area contributed by atoms with Gasteiger partial charge in [0.05, 0.1) is 19.4 Å². The summed E-state index contributed by atoms with van der Waals surface area (Å²) in [6, 6.07) is 16.1. The molecule has 1 aliphatic heterocycles. The number of hydrogen-bond acceptors (Lipinski definition) is 5.